The highest BCUT2D eigenvalue weighted by atomic mass is 35.5. The van der Waals surface area contributed by atoms with E-state index in [1.165, 1.54) is 31.2 Å². The van der Waals surface area contributed by atoms with Gasteiger partial charge in [-0.05, 0) is 30.5 Å². The van der Waals surface area contributed by atoms with Crippen LogP contribution in [0.2, 0.25) is 5.02 Å². The molecule has 0 spiro atoms. The molecule has 1 fully saturated rings. The maximum Gasteiger partial charge on any atom is 0.0642 e. The summed E-state index contributed by atoms with van der Waals surface area (Å²) in [7, 11) is 3.87. The molecule has 0 radical (unpaired) electrons. The van der Waals surface area contributed by atoms with E-state index < -0.39 is 0 Å². The number of hydrogen-bond acceptors (Lipinski definition) is 3. The Kier molecular flexibility index (Phi) is 6.14. The maximum absolute atomic E-state index is 6.45. The summed E-state index contributed by atoms with van der Waals surface area (Å²) < 4.78 is 5.02. The van der Waals surface area contributed by atoms with Gasteiger partial charge in [0.25, 0.3) is 0 Å². The molecule has 1 saturated carbocycles. The molecule has 0 bridgehead atoms. The quantitative estimate of drug-likeness (QED) is 0.780. The van der Waals surface area contributed by atoms with Gasteiger partial charge in [-0.3, -0.25) is 0 Å². The zero-order valence-corrected chi connectivity index (χ0v) is 13.2. The topological polar surface area (TPSA) is 24.5 Å². The third kappa shape index (κ3) is 4.11. The van der Waals surface area contributed by atoms with Crippen molar-refractivity contribution in [1.82, 2.24) is 5.32 Å². The minimum atomic E-state index is 0.651. The summed E-state index contributed by atoms with van der Waals surface area (Å²) >= 11 is 6.45. The molecule has 112 valence electrons. The Morgan fingerprint density at radius 3 is 2.75 bits per heavy atom. The van der Waals surface area contributed by atoms with Gasteiger partial charge in [0.15, 0.2) is 0 Å². The molecule has 4 heteroatoms. The van der Waals surface area contributed by atoms with Crippen LogP contribution in [0.1, 0.15) is 31.2 Å². The van der Waals surface area contributed by atoms with Crippen LogP contribution in [-0.2, 0) is 11.3 Å². The monoisotopic (exact) mass is 296 g/mol. The van der Waals surface area contributed by atoms with Crippen LogP contribution in [0, 0.1) is 0 Å². The van der Waals surface area contributed by atoms with Gasteiger partial charge in [-0.15, -0.1) is 0 Å². The van der Waals surface area contributed by atoms with Crippen molar-refractivity contribution in [3.05, 3.63) is 28.8 Å². The normalized spacial score (nSPS) is 15.8. The van der Waals surface area contributed by atoms with Gasteiger partial charge in [0.1, 0.15) is 0 Å². The molecule has 0 unspecified atom stereocenters. The zero-order chi connectivity index (χ0) is 14.4. The Labute approximate surface area is 127 Å². The molecule has 0 amide bonds. The molecule has 1 aromatic rings. The summed E-state index contributed by atoms with van der Waals surface area (Å²) in [4.78, 5) is 2.34. The third-order valence-electron chi connectivity index (χ3n) is 4.08. The van der Waals surface area contributed by atoms with Crippen LogP contribution >= 0.6 is 11.6 Å². The Hall–Kier alpha value is -0.770. The van der Waals surface area contributed by atoms with Gasteiger partial charge >= 0.3 is 0 Å². The number of nitrogens with one attached hydrogen (secondary N) is 1. The fourth-order valence-corrected chi connectivity index (χ4v) is 3.18. The fraction of sp³-hybridized carbons (Fsp3) is 0.625. The predicted octanol–water partition coefficient (Wildman–Crippen LogP) is 3.45. The van der Waals surface area contributed by atoms with E-state index in [9.17, 15) is 0 Å². The van der Waals surface area contributed by atoms with E-state index in [4.69, 9.17) is 16.3 Å². The van der Waals surface area contributed by atoms with Gasteiger partial charge in [0, 0.05) is 33.3 Å². The molecule has 1 aromatic carbocycles. The highest BCUT2D eigenvalue weighted by Crippen LogP contribution is 2.32. The predicted molar refractivity (Wildman–Crippen MR) is 85.7 cm³/mol. The van der Waals surface area contributed by atoms with Crippen LogP contribution < -0.4 is 10.2 Å². The number of hydrogen-bond donors (Lipinski definition) is 1. The van der Waals surface area contributed by atoms with E-state index in [1.807, 2.05) is 0 Å². The van der Waals surface area contributed by atoms with Crippen LogP contribution in [0.3, 0.4) is 0 Å². The highest BCUT2D eigenvalue weighted by molar-refractivity contribution is 6.33. The smallest absolute Gasteiger partial charge is 0.0642 e. The zero-order valence-electron chi connectivity index (χ0n) is 12.5. The molecular weight excluding hydrogens is 272 g/mol. The largest absolute Gasteiger partial charge is 0.383 e. The number of anilines is 1. The minimum absolute atomic E-state index is 0.651. The van der Waals surface area contributed by atoms with Crippen molar-refractivity contribution >= 4 is 17.3 Å². The average molecular weight is 297 g/mol. The molecule has 3 nitrogen and oxygen atoms in total. The van der Waals surface area contributed by atoms with Crippen molar-refractivity contribution in [2.24, 2.45) is 0 Å². The molecular formula is C16H25ClN2O. The van der Waals surface area contributed by atoms with E-state index in [-0.39, 0.29) is 0 Å². The highest BCUT2D eigenvalue weighted by Gasteiger charge is 2.21. The second-order valence-electron chi connectivity index (χ2n) is 5.50. The van der Waals surface area contributed by atoms with Gasteiger partial charge in [-0.25, -0.2) is 0 Å². The van der Waals surface area contributed by atoms with Gasteiger partial charge in [-0.1, -0.05) is 30.5 Å². The van der Waals surface area contributed by atoms with E-state index in [1.54, 1.807) is 7.11 Å². The summed E-state index contributed by atoms with van der Waals surface area (Å²) in [5.41, 5.74) is 2.37. The second kappa shape index (κ2) is 7.87. The summed E-state index contributed by atoms with van der Waals surface area (Å²) in [6, 6.07) is 7.03. The molecule has 2 rings (SSSR count). The van der Waals surface area contributed by atoms with Crippen LogP contribution in [0.5, 0.6) is 0 Å². The van der Waals surface area contributed by atoms with Crippen molar-refractivity contribution in [2.75, 3.05) is 32.2 Å². The SMILES string of the molecule is COCCNCc1ccc(N(C)C2CCCC2)c(Cl)c1. The summed E-state index contributed by atoms with van der Waals surface area (Å²) in [5.74, 6) is 0. The van der Waals surface area contributed by atoms with Gasteiger partial charge in [0.2, 0.25) is 0 Å². The standard InChI is InChI=1S/C16H25ClN2O/c1-19(14-5-3-4-6-14)16-8-7-13(11-15(16)17)12-18-9-10-20-2/h7-8,11,14,18H,3-6,9-10,12H2,1-2H3. The van der Waals surface area contributed by atoms with E-state index in [0.29, 0.717) is 6.04 Å². The van der Waals surface area contributed by atoms with Crippen molar-refractivity contribution in [3.63, 3.8) is 0 Å². The molecule has 1 N–H and O–H groups in total. The number of methoxy groups -OCH3 is 1. The van der Waals surface area contributed by atoms with Crippen molar-refractivity contribution in [1.29, 1.82) is 0 Å². The first-order valence-electron chi connectivity index (χ1n) is 7.43. The van der Waals surface area contributed by atoms with Gasteiger partial charge in [-0.2, -0.15) is 0 Å². The first-order valence-corrected chi connectivity index (χ1v) is 7.81. The fourth-order valence-electron chi connectivity index (χ4n) is 2.84. The van der Waals surface area contributed by atoms with Crippen molar-refractivity contribution in [3.8, 4) is 0 Å². The lowest BCUT2D eigenvalue weighted by atomic mass is 10.1. The molecule has 20 heavy (non-hydrogen) atoms. The lowest BCUT2D eigenvalue weighted by molar-refractivity contribution is 0.199. The Morgan fingerprint density at radius 2 is 2.10 bits per heavy atom. The Bertz CT molecular complexity index is 419. The van der Waals surface area contributed by atoms with Crippen LogP contribution in [0.25, 0.3) is 0 Å². The molecule has 0 saturated heterocycles. The number of rotatable bonds is 7. The second-order valence-corrected chi connectivity index (χ2v) is 5.91. The molecule has 1 aliphatic carbocycles. The van der Waals surface area contributed by atoms with E-state index >= 15 is 0 Å². The minimum Gasteiger partial charge on any atom is -0.383 e. The number of benzene rings is 1. The lowest BCUT2D eigenvalue weighted by Gasteiger charge is -2.27. The molecule has 0 aliphatic heterocycles. The molecule has 0 atom stereocenters. The van der Waals surface area contributed by atoms with E-state index in [0.717, 1.165) is 30.4 Å². The van der Waals surface area contributed by atoms with Crippen molar-refractivity contribution < 1.29 is 4.74 Å². The molecule has 0 aromatic heterocycles. The first kappa shape index (κ1) is 15.6. The maximum atomic E-state index is 6.45. The Morgan fingerprint density at radius 1 is 1.35 bits per heavy atom. The van der Waals surface area contributed by atoms with Gasteiger partial charge < -0.3 is 15.0 Å². The first-order chi connectivity index (χ1) is 9.72. The number of ether oxygens (including phenoxy) is 1. The summed E-state index contributed by atoms with van der Waals surface area (Å²) in [6.45, 7) is 2.42. The third-order valence-corrected chi connectivity index (χ3v) is 4.38. The lowest BCUT2D eigenvalue weighted by Crippen LogP contribution is -2.29. The molecule has 0 heterocycles. The van der Waals surface area contributed by atoms with Crippen molar-refractivity contribution in [2.45, 2.75) is 38.3 Å². The molecule has 1 aliphatic rings. The summed E-state index contributed by atoms with van der Waals surface area (Å²) in [5, 5.41) is 4.19. The van der Waals surface area contributed by atoms with Crippen LogP contribution in [0.4, 0.5) is 5.69 Å². The van der Waals surface area contributed by atoms with E-state index in [2.05, 4.69) is 35.5 Å². The van der Waals surface area contributed by atoms with Crippen LogP contribution in [0.15, 0.2) is 18.2 Å². The Balaban J connectivity index is 1.94. The average Bonchev–Trinajstić information content (AvgIpc) is 2.97. The van der Waals surface area contributed by atoms with Crippen LogP contribution in [-0.4, -0.2) is 33.4 Å². The number of halogens is 1. The van der Waals surface area contributed by atoms with Gasteiger partial charge in [0.05, 0.1) is 17.3 Å². The number of nitrogens with zero attached hydrogens (tertiary/aromatic N) is 1. The summed E-state index contributed by atoms with van der Waals surface area (Å²) in [6.07, 6.45) is 5.25.